The van der Waals surface area contributed by atoms with Gasteiger partial charge in [0.25, 0.3) is 5.78 Å². The molecule has 0 aliphatic heterocycles. The Bertz CT molecular complexity index is 813. The summed E-state index contributed by atoms with van der Waals surface area (Å²) in [7, 11) is 0. The topological polar surface area (TPSA) is 81.7 Å². The first kappa shape index (κ1) is 20.9. The number of nitrogens with one attached hydrogen (secondary N) is 1. The SMILES string of the molecule is CCOC(=O)C(=O)c1ccc(C=CCCNC(=O)OCc2ccccc2)cc1. The van der Waals surface area contributed by atoms with E-state index >= 15 is 0 Å². The van der Waals surface area contributed by atoms with E-state index in [0.29, 0.717) is 18.5 Å². The lowest BCUT2D eigenvalue weighted by Crippen LogP contribution is -2.24. The largest absolute Gasteiger partial charge is 0.460 e. The Balaban J connectivity index is 1.69. The molecule has 0 aromatic heterocycles. The standard InChI is InChI=1S/C22H23NO5/c1-2-27-21(25)20(24)19-13-11-17(12-14-19)8-6-7-15-23-22(26)28-16-18-9-4-3-5-10-18/h3-6,8-14H,2,7,15-16H2,1H3,(H,23,26). The molecule has 6 heteroatoms. The Labute approximate surface area is 164 Å². The highest BCUT2D eigenvalue weighted by molar-refractivity contribution is 6.40. The van der Waals surface area contributed by atoms with Crippen LogP contribution in [0.4, 0.5) is 4.79 Å². The molecule has 28 heavy (non-hydrogen) atoms. The van der Waals surface area contributed by atoms with Crippen LogP contribution in [0.15, 0.2) is 60.7 Å². The summed E-state index contributed by atoms with van der Waals surface area (Å²) >= 11 is 0. The van der Waals surface area contributed by atoms with Crippen LogP contribution in [-0.4, -0.2) is 31.0 Å². The van der Waals surface area contributed by atoms with Gasteiger partial charge in [0, 0.05) is 12.1 Å². The van der Waals surface area contributed by atoms with Crippen LogP contribution in [0, 0.1) is 0 Å². The van der Waals surface area contributed by atoms with Crippen LogP contribution >= 0.6 is 0 Å². The number of carbonyl (C=O) groups excluding carboxylic acids is 3. The molecular formula is C22H23NO5. The molecule has 0 aliphatic carbocycles. The highest BCUT2D eigenvalue weighted by atomic mass is 16.5. The minimum Gasteiger partial charge on any atom is -0.460 e. The van der Waals surface area contributed by atoms with E-state index in [4.69, 9.17) is 9.47 Å². The van der Waals surface area contributed by atoms with E-state index in [0.717, 1.165) is 11.1 Å². The van der Waals surface area contributed by atoms with Gasteiger partial charge in [-0.3, -0.25) is 4.79 Å². The van der Waals surface area contributed by atoms with Gasteiger partial charge in [-0.1, -0.05) is 66.7 Å². The lowest BCUT2D eigenvalue weighted by molar-refractivity contribution is -0.137. The molecule has 0 fully saturated rings. The quantitative estimate of drug-likeness (QED) is 0.310. The molecule has 146 valence electrons. The maximum Gasteiger partial charge on any atom is 0.407 e. The number of hydrogen-bond donors (Lipinski definition) is 1. The minimum atomic E-state index is -0.851. The molecule has 0 bridgehead atoms. The molecule has 2 rings (SSSR count). The Hall–Kier alpha value is -3.41. The fourth-order valence-corrected chi connectivity index (χ4v) is 2.31. The molecule has 1 N–H and O–H groups in total. The summed E-state index contributed by atoms with van der Waals surface area (Å²) in [4.78, 5) is 34.9. The lowest BCUT2D eigenvalue weighted by Gasteiger charge is -2.05. The van der Waals surface area contributed by atoms with Crippen LogP contribution in [0.3, 0.4) is 0 Å². The number of Topliss-reactive ketones (excluding diaryl/α,β-unsaturated/α-hetero) is 1. The predicted molar refractivity (Wildman–Crippen MR) is 106 cm³/mol. The van der Waals surface area contributed by atoms with Gasteiger partial charge in [-0.2, -0.15) is 0 Å². The number of carbonyl (C=O) groups is 3. The van der Waals surface area contributed by atoms with Crippen molar-refractivity contribution in [2.45, 2.75) is 20.0 Å². The monoisotopic (exact) mass is 381 g/mol. The van der Waals surface area contributed by atoms with Gasteiger partial charge < -0.3 is 14.8 Å². The summed E-state index contributed by atoms with van der Waals surface area (Å²) in [5, 5.41) is 2.68. The number of amides is 1. The van der Waals surface area contributed by atoms with Crippen molar-refractivity contribution in [3.8, 4) is 0 Å². The molecule has 1 amide bonds. The van der Waals surface area contributed by atoms with E-state index in [1.165, 1.54) is 0 Å². The van der Waals surface area contributed by atoms with Crippen LogP contribution in [0.5, 0.6) is 0 Å². The first-order chi connectivity index (χ1) is 13.6. The molecular weight excluding hydrogens is 358 g/mol. The van der Waals surface area contributed by atoms with Crippen LogP contribution < -0.4 is 5.32 Å². The number of hydrogen-bond acceptors (Lipinski definition) is 5. The Morgan fingerprint density at radius 3 is 2.36 bits per heavy atom. The van der Waals surface area contributed by atoms with Crippen LogP contribution in [0.25, 0.3) is 6.08 Å². The fourth-order valence-electron chi connectivity index (χ4n) is 2.31. The van der Waals surface area contributed by atoms with Crippen molar-refractivity contribution in [2.75, 3.05) is 13.2 Å². The summed E-state index contributed by atoms with van der Waals surface area (Å²) < 4.78 is 9.82. The number of ketones is 1. The summed E-state index contributed by atoms with van der Waals surface area (Å²) in [6, 6.07) is 16.1. The molecule has 0 spiro atoms. The maximum atomic E-state index is 11.8. The Morgan fingerprint density at radius 2 is 1.68 bits per heavy atom. The van der Waals surface area contributed by atoms with Gasteiger partial charge in [-0.15, -0.1) is 0 Å². The zero-order chi connectivity index (χ0) is 20.2. The van der Waals surface area contributed by atoms with E-state index in [-0.39, 0.29) is 13.2 Å². The molecule has 0 aliphatic rings. The molecule has 0 saturated carbocycles. The van der Waals surface area contributed by atoms with Crippen molar-refractivity contribution in [1.82, 2.24) is 5.32 Å². The number of esters is 1. The van der Waals surface area contributed by atoms with E-state index in [1.54, 1.807) is 31.2 Å². The van der Waals surface area contributed by atoms with Gasteiger partial charge in [0.05, 0.1) is 6.61 Å². The van der Waals surface area contributed by atoms with Crippen molar-refractivity contribution < 1.29 is 23.9 Å². The molecule has 0 saturated heterocycles. The first-order valence-electron chi connectivity index (χ1n) is 9.02. The van der Waals surface area contributed by atoms with Crippen molar-refractivity contribution in [3.05, 3.63) is 77.4 Å². The van der Waals surface area contributed by atoms with Gasteiger partial charge in [-0.05, 0) is 24.5 Å². The smallest absolute Gasteiger partial charge is 0.407 e. The van der Waals surface area contributed by atoms with E-state index in [1.807, 2.05) is 42.5 Å². The van der Waals surface area contributed by atoms with Gasteiger partial charge in [0.15, 0.2) is 0 Å². The third kappa shape index (κ3) is 7.07. The summed E-state index contributed by atoms with van der Waals surface area (Å²) in [6.07, 6.45) is 3.94. The van der Waals surface area contributed by atoms with Gasteiger partial charge >= 0.3 is 12.1 Å². The van der Waals surface area contributed by atoms with Crippen LogP contribution in [-0.2, 0) is 20.9 Å². The van der Waals surface area contributed by atoms with Crippen molar-refractivity contribution in [1.29, 1.82) is 0 Å². The zero-order valence-electron chi connectivity index (χ0n) is 15.7. The maximum absolute atomic E-state index is 11.8. The van der Waals surface area contributed by atoms with Gasteiger partial charge in [0.1, 0.15) is 6.61 Å². The minimum absolute atomic E-state index is 0.166. The Morgan fingerprint density at radius 1 is 0.964 bits per heavy atom. The van der Waals surface area contributed by atoms with Crippen molar-refractivity contribution in [3.63, 3.8) is 0 Å². The van der Waals surface area contributed by atoms with E-state index in [2.05, 4.69) is 5.32 Å². The molecule has 2 aromatic rings. The molecule has 0 unspecified atom stereocenters. The highest BCUT2D eigenvalue weighted by Crippen LogP contribution is 2.08. The number of ether oxygens (including phenoxy) is 2. The summed E-state index contributed by atoms with van der Waals surface area (Å²) in [6.45, 7) is 2.50. The van der Waals surface area contributed by atoms with Gasteiger partial charge in [-0.25, -0.2) is 9.59 Å². The second-order valence-electron chi connectivity index (χ2n) is 5.85. The van der Waals surface area contributed by atoms with Gasteiger partial charge in [0.2, 0.25) is 0 Å². The number of benzene rings is 2. The van der Waals surface area contributed by atoms with Crippen molar-refractivity contribution in [2.24, 2.45) is 0 Å². The number of rotatable bonds is 9. The molecule has 0 atom stereocenters. The van der Waals surface area contributed by atoms with E-state index < -0.39 is 17.8 Å². The Kier molecular flexibility index (Phi) is 8.46. The molecule has 0 radical (unpaired) electrons. The van der Waals surface area contributed by atoms with E-state index in [9.17, 15) is 14.4 Å². The molecule has 2 aromatic carbocycles. The molecule has 0 heterocycles. The predicted octanol–water partition coefficient (Wildman–Crippen LogP) is 3.76. The van der Waals surface area contributed by atoms with Crippen LogP contribution in [0.1, 0.15) is 34.8 Å². The third-order valence-corrected chi connectivity index (χ3v) is 3.74. The lowest BCUT2D eigenvalue weighted by atomic mass is 10.1. The second-order valence-corrected chi connectivity index (χ2v) is 5.85. The first-order valence-corrected chi connectivity index (χ1v) is 9.02. The fraction of sp³-hybridized carbons (Fsp3) is 0.227. The average molecular weight is 381 g/mol. The average Bonchev–Trinajstić information content (AvgIpc) is 2.73. The van der Waals surface area contributed by atoms with Crippen molar-refractivity contribution >= 4 is 23.9 Å². The summed E-state index contributed by atoms with van der Waals surface area (Å²) in [5.41, 5.74) is 2.10. The zero-order valence-corrected chi connectivity index (χ0v) is 15.7. The highest BCUT2D eigenvalue weighted by Gasteiger charge is 2.16. The molecule has 6 nitrogen and oxygen atoms in total. The van der Waals surface area contributed by atoms with Crippen LogP contribution in [0.2, 0.25) is 0 Å². The second kappa shape index (κ2) is 11.3. The summed E-state index contributed by atoms with van der Waals surface area (Å²) in [5.74, 6) is -1.51. The third-order valence-electron chi connectivity index (χ3n) is 3.74. The normalized spacial score (nSPS) is 10.5. The number of alkyl carbamates (subject to hydrolysis) is 1.